The van der Waals surface area contributed by atoms with Crippen molar-refractivity contribution >= 4 is 24.8 Å². The van der Waals surface area contributed by atoms with Gasteiger partial charge in [-0.25, -0.2) is 0 Å². The second-order valence-corrected chi connectivity index (χ2v) is 4.56. The number of methoxy groups -OCH3 is 1. The van der Waals surface area contributed by atoms with Crippen molar-refractivity contribution in [3.63, 3.8) is 0 Å². The zero-order valence-electron chi connectivity index (χ0n) is 13.4. The maximum Gasteiger partial charge on any atom is 0.161 e. The van der Waals surface area contributed by atoms with Gasteiger partial charge >= 0.3 is 0 Å². The van der Waals surface area contributed by atoms with E-state index in [9.17, 15) is 0 Å². The fraction of sp³-hybridized carbons (Fsp3) is 0.600. The van der Waals surface area contributed by atoms with Crippen molar-refractivity contribution in [1.82, 2.24) is 10.6 Å². The number of benzene rings is 1. The zero-order valence-corrected chi connectivity index (χ0v) is 15.0. The summed E-state index contributed by atoms with van der Waals surface area (Å²) in [6, 6.07) is 5.77. The van der Waals surface area contributed by atoms with E-state index in [4.69, 9.17) is 19.7 Å². The van der Waals surface area contributed by atoms with Gasteiger partial charge in [-0.3, -0.25) is 0 Å². The minimum atomic E-state index is -0.0171. The number of halogens is 2. The highest BCUT2D eigenvalue weighted by Crippen LogP contribution is 2.27. The highest BCUT2D eigenvalue weighted by molar-refractivity contribution is 5.85. The molecule has 4 N–H and O–H groups in total. The molecule has 23 heavy (non-hydrogen) atoms. The quantitative estimate of drug-likeness (QED) is 0.410. The van der Waals surface area contributed by atoms with Crippen molar-refractivity contribution in [2.24, 2.45) is 0 Å². The van der Waals surface area contributed by atoms with Gasteiger partial charge in [-0.15, -0.1) is 24.8 Å². The topological polar surface area (TPSA) is 83.0 Å². The molecule has 0 spiro atoms. The Labute approximate surface area is 150 Å². The van der Waals surface area contributed by atoms with Crippen LogP contribution in [0.25, 0.3) is 0 Å². The third-order valence-electron chi connectivity index (χ3n) is 2.90. The van der Waals surface area contributed by atoms with Crippen LogP contribution in [0.5, 0.6) is 11.5 Å². The molecule has 0 aromatic heterocycles. The van der Waals surface area contributed by atoms with Gasteiger partial charge in [0.2, 0.25) is 0 Å². The molecule has 0 aliphatic heterocycles. The molecule has 1 aromatic rings. The lowest BCUT2D eigenvalue weighted by atomic mass is 10.2. The van der Waals surface area contributed by atoms with E-state index in [1.165, 1.54) is 0 Å². The first-order valence-corrected chi connectivity index (χ1v) is 7.24. The van der Waals surface area contributed by atoms with Crippen LogP contribution in [0, 0.1) is 0 Å². The van der Waals surface area contributed by atoms with Crippen LogP contribution in [0.4, 0.5) is 0 Å². The van der Waals surface area contributed by atoms with E-state index in [1.807, 2.05) is 18.2 Å². The Balaban J connectivity index is 0. The largest absolute Gasteiger partial charge is 0.493 e. The van der Waals surface area contributed by atoms with Gasteiger partial charge in [-0.1, -0.05) is 6.07 Å². The second kappa shape index (κ2) is 16.1. The summed E-state index contributed by atoms with van der Waals surface area (Å²) in [5.41, 5.74) is 1.12. The van der Waals surface area contributed by atoms with Gasteiger partial charge in [0.25, 0.3) is 0 Å². The molecule has 136 valence electrons. The van der Waals surface area contributed by atoms with E-state index in [0.717, 1.165) is 31.6 Å². The Morgan fingerprint density at radius 1 is 0.957 bits per heavy atom. The molecule has 0 fully saturated rings. The predicted molar refractivity (Wildman–Crippen MR) is 96.4 cm³/mol. The van der Waals surface area contributed by atoms with Crippen molar-refractivity contribution < 1.29 is 19.7 Å². The van der Waals surface area contributed by atoms with Gasteiger partial charge in [0.15, 0.2) is 11.5 Å². The summed E-state index contributed by atoms with van der Waals surface area (Å²) in [4.78, 5) is 0. The van der Waals surface area contributed by atoms with Crippen molar-refractivity contribution in [3.05, 3.63) is 23.8 Å². The van der Waals surface area contributed by atoms with Crippen LogP contribution >= 0.6 is 24.8 Å². The average molecular weight is 371 g/mol. The van der Waals surface area contributed by atoms with Gasteiger partial charge in [-0.05, 0) is 37.2 Å². The summed E-state index contributed by atoms with van der Waals surface area (Å²) in [5, 5.41) is 23.9. The third-order valence-corrected chi connectivity index (χ3v) is 2.90. The first kappa shape index (κ1) is 24.5. The van der Waals surface area contributed by atoms with E-state index in [-0.39, 0.29) is 44.6 Å². The number of ether oxygens (including phenoxy) is 2. The molecule has 0 aliphatic rings. The average Bonchev–Trinajstić information content (AvgIpc) is 2.52. The van der Waals surface area contributed by atoms with Gasteiger partial charge in [0.05, 0.1) is 20.3 Å². The molecular formula is C15H28Cl2N2O4. The number of nitrogens with one attached hydrogen (secondary N) is 2. The molecule has 8 heteroatoms. The third kappa shape index (κ3) is 10.6. The standard InChI is InChI=1S/C15H26N2O4.2ClH/c1-20-15-11-13(3-4-14(15)21-10-9-19)12-17-6-2-5-16-7-8-18;;/h3-4,11,16-19H,2,5-10,12H2,1H3;2*1H. The SMILES string of the molecule is COc1cc(CNCCCNCCO)ccc1OCCO.Cl.Cl. The Morgan fingerprint density at radius 2 is 1.70 bits per heavy atom. The summed E-state index contributed by atoms with van der Waals surface area (Å²) < 4.78 is 10.7. The lowest BCUT2D eigenvalue weighted by molar-refractivity contribution is 0.196. The van der Waals surface area contributed by atoms with Crippen LogP contribution < -0.4 is 20.1 Å². The van der Waals surface area contributed by atoms with Crippen LogP contribution in [0.3, 0.4) is 0 Å². The van der Waals surface area contributed by atoms with E-state index >= 15 is 0 Å². The number of hydrogen-bond donors (Lipinski definition) is 4. The summed E-state index contributed by atoms with van der Waals surface area (Å²) in [5.74, 6) is 1.32. The second-order valence-electron chi connectivity index (χ2n) is 4.56. The summed E-state index contributed by atoms with van der Waals surface area (Å²) >= 11 is 0. The van der Waals surface area contributed by atoms with Crippen molar-refractivity contribution in [2.75, 3.05) is 46.6 Å². The number of hydrogen-bond acceptors (Lipinski definition) is 6. The first-order chi connectivity index (χ1) is 10.3. The molecule has 6 nitrogen and oxygen atoms in total. The van der Waals surface area contributed by atoms with E-state index < -0.39 is 0 Å². The van der Waals surface area contributed by atoms with Crippen molar-refractivity contribution in [2.45, 2.75) is 13.0 Å². The molecule has 0 saturated heterocycles. The molecule has 0 unspecified atom stereocenters. The van der Waals surface area contributed by atoms with E-state index in [2.05, 4.69) is 10.6 Å². The van der Waals surface area contributed by atoms with Crippen molar-refractivity contribution in [1.29, 1.82) is 0 Å². The number of aliphatic hydroxyl groups is 2. The molecule has 0 amide bonds. The Bertz CT molecular complexity index is 398. The fourth-order valence-electron chi connectivity index (χ4n) is 1.87. The highest BCUT2D eigenvalue weighted by atomic mass is 35.5. The molecular weight excluding hydrogens is 343 g/mol. The summed E-state index contributed by atoms with van der Waals surface area (Å²) in [6.45, 7) is 3.63. The lowest BCUT2D eigenvalue weighted by Gasteiger charge is -2.12. The minimum absolute atomic E-state index is 0. The minimum Gasteiger partial charge on any atom is -0.493 e. The number of aliphatic hydroxyl groups excluding tert-OH is 2. The molecule has 1 aromatic carbocycles. The van der Waals surface area contributed by atoms with Crippen molar-refractivity contribution in [3.8, 4) is 11.5 Å². The van der Waals surface area contributed by atoms with Crippen LogP contribution in [0.1, 0.15) is 12.0 Å². The molecule has 0 heterocycles. The fourth-order valence-corrected chi connectivity index (χ4v) is 1.87. The van der Waals surface area contributed by atoms with Gasteiger partial charge < -0.3 is 30.3 Å². The smallest absolute Gasteiger partial charge is 0.161 e. The molecule has 1 rings (SSSR count). The van der Waals surface area contributed by atoms with Gasteiger partial charge in [-0.2, -0.15) is 0 Å². The van der Waals surface area contributed by atoms with Crippen LogP contribution in [-0.2, 0) is 6.54 Å². The van der Waals surface area contributed by atoms with Gasteiger partial charge in [0.1, 0.15) is 6.61 Å². The summed E-state index contributed by atoms with van der Waals surface area (Å²) in [6.07, 6.45) is 1.01. The Hall–Kier alpha value is -0.760. The molecule has 0 aliphatic carbocycles. The maximum absolute atomic E-state index is 8.77. The monoisotopic (exact) mass is 370 g/mol. The lowest BCUT2D eigenvalue weighted by Crippen LogP contribution is -2.23. The maximum atomic E-state index is 8.77. The van der Waals surface area contributed by atoms with Crippen LogP contribution in [0.2, 0.25) is 0 Å². The van der Waals surface area contributed by atoms with E-state index in [1.54, 1.807) is 7.11 Å². The van der Waals surface area contributed by atoms with Gasteiger partial charge in [0, 0.05) is 13.1 Å². The predicted octanol–water partition coefficient (Wildman–Crippen LogP) is 0.972. The molecule has 0 atom stereocenters. The Kier molecular flexibility index (Phi) is 17.2. The normalized spacial score (nSPS) is 9.70. The van der Waals surface area contributed by atoms with Crippen LogP contribution in [-0.4, -0.2) is 56.8 Å². The van der Waals surface area contributed by atoms with E-state index in [0.29, 0.717) is 18.0 Å². The first-order valence-electron chi connectivity index (χ1n) is 7.24. The number of rotatable bonds is 12. The zero-order chi connectivity index (χ0) is 15.3. The molecule has 0 bridgehead atoms. The molecule has 0 saturated carbocycles. The molecule has 0 radical (unpaired) electrons. The van der Waals surface area contributed by atoms with Crippen LogP contribution in [0.15, 0.2) is 18.2 Å². The summed E-state index contributed by atoms with van der Waals surface area (Å²) in [7, 11) is 1.60. The Morgan fingerprint density at radius 3 is 2.35 bits per heavy atom. The highest BCUT2D eigenvalue weighted by Gasteiger charge is 2.05.